The van der Waals surface area contributed by atoms with Crippen LogP contribution >= 0.6 is 0 Å². The second-order valence-corrected chi connectivity index (χ2v) is 7.36. The van der Waals surface area contributed by atoms with Crippen molar-refractivity contribution in [2.75, 3.05) is 18.0 Å². The van der Waals surface area contributed by atoms with Crippen molar-refractivity contribution in [1.82, 2.24) is 20.2 Å². The van der Waals surface area contributed by atoms with Gasteiger partial charge in [-0.3, -0.25) is 5.10 Å². The Bertz CT molecular complexity index is 879. The molecule has 4 rings (SSSR count). The van der Waals surface area contributed by atoms with Gasteiger partial charge in [-0.2, -0.15) is 5.10 Å². The number of hydrogen-bond acceptors (Lipinski definition) is 4. The van der Waals surface area contributed by atoms with Crippen LogP contribution in [0.2, 0.25) is 0 Å². The van der Waals surface area contributed by atoms with Gasteiger partial charge < -0.3 is 4.90 Å². The summed E-state index contributed by atoms with van der Waals surface area (Å²) in [6.45, 7) is 6.18. The molecular weight excluding hydrogens is 334 g/mol. The minimum Gasteiger partial charge on any atom is -0.356 e. The molecule has 0 amide bonds. The molecule has 1 aromatic carbocycles. The van der Waals surface area contributed by atoms with Crippen molar-refractivity contribution in [3.8, 4) is 0 Å². The van der Waals surface area contributed by atoms with Gasteiger partial charge in [0, 0.05) is 42.9 Å². The van der Waals surface area contributed by atoms with Gasteiger partial charge in [0.25, 0.3) is 0 Å². The molecule has 5 heteroatoms. The van der Waals surface area contributed by atoms with E-state index < -0.39 is 0 Å². The van der Waals surface area contributed by atoms with E-state index in [4.69, 9.17) is 4.98 Å². The Labute approximate surface area is 160 Å². The third-order valence-electron chi connectivity index (χ3n) is 5.44. The molecule has 3 heterocycles. The number of anilines is 1. The lowest BCUT2D eigenvalue weighted by Crippen LogP contribution is -2.34. The van der Waals surface area contributed by atoms with Crippen molar-refractivity contribution < 1.29 is 0 Å². The van der Waals surface area contributed by atoms with E-state index in [1.54, 1.807) is 0 Å². The molecule has 2 aromatic heterocycles. The quantitative estimate of drug-likeness (QED) is 0.745. The average molecular weight is 361 g/mol. The zero-order chi connectivity index (χ0) is 18.6. The molecular formula is C22H27N5. The Morgan fingerprint density at radius 3 is 2.67 bits per heavy atom. The van der Waals surface area contributed by atoms with Gasteiger partial charge in [0.1, 0.15) is 11.6 Å². The minimum absolute atomic E-state index is 0.523. The van der Waals surface area contributed by atoms with Gasteiger partial charge in [0.15, 0.2) is 0 Å². The van der Waals surface area contributed by atoms with Crippen molar-refractivity contribution in [2.45, 2.75) is 45.4 Å². The number of rotatable bonds is 5. The summed E-state index contributed by atoms with van der Waals surface area (Å²) in [7, 11) is 0. The molecule has 0 saturated carbocycles. The summed E-state index contributed by atoms with van der Waals surface area (Å²) in [5.74, 6) is 2.49. The Hall–Kier alpha value is -2.69. The topological polar surface area (TPSA) is 57.7 Å². The maximum Gasteiger partial charge on any atom is 0.135 e. The Balaban J connectivity index is 1.40. The molecule has 1 aliphatic heterocycles. The Morgan fingerprint density at radius 1 is 1.15 bits per heavy atom. The maximum atomic E-state index is 4.71. The van der Waals surface area contributed by atoms with Crippen LogP contribution in [0.25, 0.3) is 0 Å². The van der Waals surface area contributed by atoms with E-state index in [2.05, 4.69) is 63.4 Å². The number of aromatic nitrogens is 4. The molecule has 0 unspecified atom stereocenters. The number of nitrogens with zero attached hydrogens (tertiary/aromatic N) is 4. The lowest BCUT2D eigenvalue weighted by atomic mass is 9.93. The number of nitrogens with one attached hydrogen (secondary N) is 1. The van der Waals surface area contributed by atoms with Crippen LogP contribution in [0.4, 0.5) is 5.82 Å². The van der Waals surface area contributed by atoms with Crippen molar-refractivity contribution in [3.63, 3.8) is 0 Å². The molecule has 0 radical (unpaired) electrons. The highest BCUT2D eigenvalue weighted by atomic mass is 15.2. The highest BCUT2D eigenvalue weighted by Gasteiger charge is 2.24. The summed E-state index contributed by atoms with van der Waals surface area (Å²) in [5, 5.41) is 7.85. The summed E-state index contributed by atoms with van der Waals surface area (Å²) < 4.78 is 0. The van der Waals surface area contributed by atoms with E-state index in [0.29, 0.717) is 5.92 Å². The molecule has 140 valence electrons. The zero-order valence-electron chi connectivity index (χ0n) is 16.2. The van der Waals surface area contributed by atoms with E-state index in [1.807, 2.05) is 13.1 Å². The van der Waals surface area contributed by atoms with Gasteiger partial charge in [-0.25, -0.2) is 9.97 Å². The SMILES string of the molecule is CCc1cnc(C)nc1N1CCC(c2cc(Cc3ccccc3)[nH]n2)CC1. The van der Waals surface area contributed by atoms with E-state index in [1.165, 1.54) is 22.5 Å². The first-order valence-corrected chi connectivity index (χ1v) is 9.88. The molecule has 1 aliphatic rings. The molecule has 1 N–H and O–H groups in total. The van der Waals surface area contributed by atoms with Crippen molar-refractivity contribution in [3.05, 3.63) is 70.9 Å². The number of H-pyrrole nitrogens is 1. The van der Waals surface area contributed by atoms with E-state index in [-0.39, 0.29) is 0 Å². The summed E-state index contributed by atoms with van der Waals surface area (Å²) in [5.41, 5.74) is 4.95. The minimum atomic E-state index is 0.523. The molecule has 0 aliphatic carbocycles. The second kappa shape index (κ2) is 7.91. The average Bonchev–Trinajstić information content (AvgIpc) is 3.17. The van der Waals surface area contributed by atoms with Crippen LogP contribution in [-0.2, 0) is 12.8 Å². The van der Waals surface area contributed by atoms with Crippen molar-refractivity contribution in [2.24, 2.45) is 0 Å². The number of aryl methyl sites for hydroxylation is 2. The van der Waals surface area contributed by atoms with Gasteiger partial charge >= 0.3 is 0 Å². The molecule has 0 spiro atoms. The first-order valence-electron chi connectivity index (χ1n) is 9.88. The van der Waals surface area contributed by atoms with Crippen LogP contribution in [0.15, 0.2) is 42.6 Å². The Morgan fingerprint density at radius 2 is 1.93 bits per heavy atom. The summed E-state index contributed by atoms with van der Waals surface area (Å²) in [4.78, 5) is 11.5. The highest BCUT2D eigenvalue weighted by Crippen LogP contribution is 2.30. The first-order chi connectivity index (χ1) is 13.2. The molecule has 0 bridgehead atoms. The Kier molecular flexibility index (Phi) is 5.19. The predicted molar refractivity (Wildman–Crippen MR) is 108 cm³/mol. The van der Waals surface area contributed by atoms with Gasteiger partial charge in [-0.1, -0.05) is 37.3 Å². The van der Waals surface area contributed by atoms with Gasteiger partial charge in [0.2, 0.25) is 0 Å². The number of aromatic amines is 1. The van der Waals surface area contributed by atoms with Crippen LogP contribution in [0, 0.1) is 6.92 Å². The van der Waals surface area contributed by atoms with Crippen molar-refractivity contribution in [1.29, 1.82) is 0 Å². The normalized spacial score (nSPS) is 15.3. The fraction of sp³-hybridized carbons (Fsp3) is 0.409. The molecule has 0 atom stereocenters. The van der Waals surface area contributed by atoms with Crippen LogP contribution in [0.3, 0.4) is 0 Å². The summed E-state index contributed by atoms with van der Waals surface area (Å²) in [6, 6.07) is 12.8. The van der Waals surface area contributed by atoms with Crippen molar-refractivity contribution >= 4 is 5.82 Å². The smallest absolute Gasteiger partial charge is 0.135 e. The molecule has 3 aromatic rings. The van der Waals surface area contributed by atoms with E-state index >= 15 is 0 Å². The fourth-order valence-electron chi connectivity index (χ4n) is 3.89. The second-order valence-electron chi connectivity index (χ2n) is 7.36. The maximum absolute atomic E-state index is 4.71. The highest BCUT2D eigenvalue weighted by molar-refractivity contribution is 5.46. The van der Waals surface area contributed by atoms with E-state index in [0.717, 1.165) is 50.4 Å². The largest absolute Gasteiger partial charge is 0.356 e. The molecule has 27 heavy (non-hydrogen) atoms. The summed E-state index contributed by atoms with van der Waals surface area (Å²) in [6.07, 6.45) is 6.08. The standard InChI is InChI=1S/C22H27N5/c1-3-18-15-23-16(2)24-22(18)27-11-9-19(10-12-27)21-14-20(25-26-21)13-17-7-5-4-6-8-17/h4-8,14-15,19H,3,9-13H2,1-2H3,(H,25,26). The molecule has 1 fully saturated rings. The van der Waals surface area contributed by atoms with E-state index in [9.17, 15) is 0 Å². The van der Waals surface area contributed by atoms with Gasteiger partial charge in [-0.15, -0.1) is 0 Å². The predicted octanol–water partition coefficient (Wildman–Crippen LogP) is 4.05. The summed E-state index contributed by atoms with van der Waals surface area (Å²) >= 11 is 0. The zero-order valence-corrected chi connectivity index (χ0v) is 16.2. The lowest BCUT2D eigenvalue weighted by Gasteiger charge is -2.33. The van der Waals surface area contributed by atoms with Gasteiger partial charge in [0.05, 0.1) is 5.69 Å². The van der Waals surface area contributed by atoms with Crippen LogP contribution in [-0.4, -0.2) is 33.3 Å². The number of hydrogen-bond donors (Lipinski definition) is 1. The lowest BCUT2D eigenvalue weighted by molar-refractivity contribution is 0.491. The number of piperidine rings is 1. The van der Waals surface area contributed by atoms with Gasteiger partial charge in [-0.05, 0) is 37.8 Å². The third kappa shape index (κ3) is 4.02. The van der Waals surface area contributed by atoms with Crippen LogP contribution in [0.5, 0.6) is 0 Å². The third-order valence-corrected chi connectivity index (χ3v) is 5.44. The first kappa shape index (κ1) is 17.7. The molecule has 1 saturated heterocycles. The van der Waals surface area contributed by atoms with Crippen LogP contribution < -0.4 is 4.90 Å². The fourth-order valence-corrected chi connectivity index (χ4v) is 3.89. The monoisotopic (exact) mass is 361 g/mol. The number of benzene rings is 1. The molecule has 5 nitrogen and oxygen atoms in total. The van der Waals surface area contributed by atoms with Crippen LogP contribution in [0.1, 0.15) is 54.0 Å².